The molecule has 5 heteroatoms. The molecule has 0 aliphatic carbocycles. The van der Waals surface area contributed by atoms with E-state index in [1.165, 1.54) is 0 Å². The minimum atomic E-state index is -1.26. The minimum absolute atomic E-state index is 0.0281. The van der Waals surface area contributed by atoms with Gasteiger partial charge in [0.05, 0.1) is 5.41 Å². The monoisotopic (exact) mass is 276 g/mol. The Hall–Kier alpha value is -2.17. The van der Waals surface area contributed by atoms with E-state index >= 15 is 0 Å². The number of hydrogen-bond donors (Lipinski definition) is 1. The Morgan fingerprint density at radius 1 is 1.25 bits per heavy atom. The summed E-state index contributed by atoms with van der Waals surface area (Å²) in [6.45, 7) is 3.22. The van der Waals surface area contributed by atoms with Crippen LogP contribution in [0.1, 0.15) is 30.6 Å². The predicted molar refractivity (Wildman–Crippen MR) is 70.2 cm³/mol. The number of ether oxygens (including phenoxy) is 1. The summed E-state index contributed by atoms with van der Waals surface area (Å²) in [6.07, 6.45) is -1.29. The molecular formula is C15H16O5. The van der Waals surface area contributed by atoms with E-state index < -0.39 is 29.4 Å². The smallest absolute Gasteiger partial charge is 0.345 e. The number of ketones is 1. The van der Waals surface area contributed by atoms with Gasteiger partial charge in [0.1, 0.15) is 0 Å². The van der Waals surface area contributed by atoms with E-state index in [9.17, 15) is 14.4 Å². The summed E-state index contributed by atoms with van der Waals surface area (Å²) in [4.78, 5) is 35.1. The van der Waals surface area contributed by atoms with Gasteiger partial charge in [0.2, 0.25) is 6.10 Å². The summed E-state index contributed by atoms with van der Waals surface area (Å²) in [5.74, 6) is -2.64. The van der Waals surface area contributed by atoms with E-state index in [4.69, 9.17) is 9.84 Å². The van der Waals surface area contributed by atoms with Crippen molar-refractivity contribution in [3.63, 3.8) is 0 Å². The van der Waals surface area contributed by atoms with E-state index in [0.29, 0.717) is 5.56 Å². The van der Waals surface area contributed by atoms with Crippen LogP contribution < -0.4 is 0 Å². The highest BCUT2D eigenvalue weighted by atomic mass is 16.6. The largest absolute Gasteiger partial charge is 0.478 e. The van der Waals surface area contributed by atoms with Crippen molar-refractivity contribution in [2.24, 2.45) is 11.3 Å². The number of benzene rings is 1. The number of carbonyl (C=O) groups is 3. The molecule has 1 aliphatic rings. The molecule has 1 N–H and O–H groups in total. The Balaban J connectivity index is 2.23. The zero-order valence-electron chi connectivity index (χ0n) is 11.3. The quantitative estimate of drug-likeness (QED) is 0.671. The Morgan fingerprint density at radius 2 is 1.85 bits per heavy atom. The number of aliphatic carboxylic acids is 1. The second-order valence-electron chi connectivity index (χ2n) is 5.49. The van der Waals surface area contributed by atoms with Crippen molar-refractivity contribution in [1.82, 2.24) is 0 Å². The average molecular weight is 276 g/mol. The van der Waals surface area contributed by atoms with Gasteiger partial charge in [0, 0.05) is 17.9 Å². The number of carboxylic acids is 1. The summed E-state index contributed by atoms with van der Waals surface area (Å²) in [5, 5.41) is 9.13. The van der Waals surface area contributed by atoms with E-state index in [0.717, 1.165) is 0 Å². The molecule has 1 aliphatic heterocycles. The molecule has 106 valence electrons. The van der Waals surface area contributed by atoms with E-state index in [1.54, 1.807) is 44.2 Å². The van der Waals surface area contributed by atoms with Crippen LogP contribution in [0.5, 0.6) is 0 Å². The second kappa shape index (κ2) is 5.07. The number of esters is 1. The van der Waals surface area contributed by atoms with E-state index in [-0.39, 0.29) is 12.2 Å². The van der Waals surface area contributed by atoms with E-state index in [1.807, 2.05) is 0 Å². The average Bonchev–Trinajstić information content (AvgIpc) is 2.63. The standard InChI is InChI=1S/C15H16O5/c1-15(2)10(12(13(17)18)20-14(15)19)8-11(16)9-6-4-3-5-7-9/h3-7,10,12H,8H2,1-2H3,(H,17,18). The first-order chi connectivity index (χ1) is 9.34. The van der Waals surface area contributed by atoms with Gasteiger partial charge in [0.25, 0.3) is 0 Å². The van der Waals surface area contributed by atoms with Crippen LogP contribution in [0.25, 0.3) is 0 Å². The first kappa shape index (κ1) is 14.2. The summed E-state index contributed by atoms with van der Waals surface area (Å²) < 4.78 is 4.90. The lowest BCUT2D eigenvalue weighted by Crippen LogP contribution is -2.34. The highest BCUT2D eigenvalue weighted by molar-refractivity contribution is 5.97. The van der Waals surface area contributed by atoms with Crippen molar-refractivity contribution >= 4 is 17.7 Å². The molecule has 0 radical (unpaired) electrons. The fourth-order valence-electron chi connectivity index (χ4n) is 2.41. The Morgan fingerprint density at radius 3 is 2.40 bits per heavy atom. The maximum atomic E-state index is 12.2. The lowest BCUT2D eigenvalue weighted by Gasteiger charge is -2.22. The third-order valence-electron chi connectivity index (χ3n) is 3.80. The maximum Gasteiger partial charge on any atom is 0.345 e. The van der Waals surface area contributed by atoms with Crippen molar-refractivity contribution in [3.8, 4) is 0 Å². The first-order valence-electron chi connectivity index (χ1n) is 6.36. The molecule has 2 rings (SSSR count). The first-order valence-corrected chi connectivity index (χ1v) is 6.36. The molecular weight excluding hydrogens is 260 g/mol. The van der Waals surface area contributed by atoms with Crippen molar-refractivity contribution in [3.05, 3.63) is 35.9 Å². The van der Waals surface area contributed by atoms with Gasteiger partial charge in [0.15, 0.2) is 5.78 Å². The summed E-state index contributed by atoms with van der Waals surface area (Å²) in [5.41, 5.74) is -0.472. The third kappa shape index (κ3) is 2.43. The van der Waals surface area contributed by atoms with Crippen molar-refractivity contribution in [1.29, 1.82) is 0 Å². The minimum Gasteiger partial charge on any atom is -0.478 e. The van der Waals surface area contributed by atoms with Crippen molar-refractivity contribution < 1.29 is 24.2 Å². The van der Waals surface area contributed by atoms with Gasteiger partial charge in [-0.2, -0.15) is 0 Å². The van der Waals surface area contributed by atoms with Gasteiger partial charge in [-0.05, 0) is 13.8 Å². The molecule has 20 heavy (non-hydrogen) atoms. The highest BCUT2D eigenvalue weighted by Gasteiger charge is 2.54. The molecule has 1 heterocycles. The normalized spacial score (nSPS) is 24.2. The van der Waals surface area contributed by atoms with Crippen LogP contribution in [-0.4, -0.2) is 28.9 Å². The molecule has 0 saturated carbocycles. The Bertz CT molecular complexity index is 547. The van der Waals surface area contributed by atoms with Crippen LogP contribution in [0.15, 0.2) is 30.3 Å². The lowest BCUT2D eigenvalue weighted by molar-refractivity contribution is -0.159. The topological polar surface area (TPSA) is 80.7 Å². The molecule has 0 aromatic heterocycles. The Kier molecular flexibility index (Phi) is 3.61. The molecule has 1 aromatic rings. The number of carboxylic acid groups (broad SMARTS) is 1. The molecule has 1 fully saturated rings. The molecule has 2 unspecified atom stereocenters. The third-order valence-corrected chi connectivity index (χ3v) is 3.80. The van der Waals surface area contributed by atoms with Gasteiger partial charge in [-0.1, -0.05) is 30.3 Å². The number of cyclic esters (lactones) is 1. The zero-order chi connectivity index (χ0) is 14.9. The summed E-state index contributed by atoms with van der Waals surface area (Å²) in [7, 11) is 0. The molecule has 0 bridgehead atoms. The number of hydrogen-bond acceptors (Lipinski definition) is 4. The molecule has 5 nitrogen and oxygen atoms in total. The van der Waals surface area contributed by atoms with Gasteiger partial charge in [-0.15, -0.1) is 0 Å². The van der Waals surface area contributed by atoms with Crippen LogP contribution in [0.4, 0.5) is 0 Å². The number of Topliss-reactive ketones (excluding diaryl/α,β-unsaturated/α-hetero) is 1. The molecule has 2 atom stereocenters. The van der Waals surface area contributed by atoms with Crippen LogP contribution in [0.3, 0.4) is 0 Å². The van der Waals surface area contributed by atoms with E-state index in [2.05, 4.69) is 0 Å². The van der Waals surface area contributed by atoms with Crippen molar-refractivity contribution in [2.45, 2.75) is 26.4 Å². The lowest BCUT2D eigenvalue weighted by atomic mass is 9.75. The fourth-order valence-corrected chi connectivity index (χ4v) is 2.41. The van der Waals surface area contributed by atoms with Crippen LogP contribution in [0, 0.1) is 11.3 Å². The van der Waals surface area contributed by atoms with Gasteiger partial charge < -0.3 is 9.84 Å². The second-order valence-corrected chi connectivity index (χ2v) is 5.49. The number of carbonyl (C=O) groups excluding carboxylic acids is 2. The van der Waals surface area contributed by atoms with Crippen LogP contribution in [-0.2, 0) is 14.3 Å². The van der Waals surface area contributed by atoms with Gasteiger partial charge in [-0.3, -0.25) is 9.59 Å². The van der Waals surface area contributed by atoms with Crippen LogP contribution in [0.2, 0.25) is 0 Å². The SMILES string of the molecule is CC1(C)C(=O)OC(C(=O)O)C1CC(=O)c1ccccc1. The summed E-state index contributed by atoms with van der Waals surface area (Å²) >= 11 is 0. The molecule has 1 saturated heterocycles. The number of rotatable bonds is 4. The fraction of sp³-hybridized carbons (Fsp3) is 0.400. The maximum absolute atomic E-state index is 12.2. The summed E-state index contributed by atoms with van der Waals surface area (Å²) in [6, 6.07) is 8.61. The highest BCUT2D eigenvalue weighted by Crippen LogP contribution is 2.42. The predicted octanol–water partition coefficient (Wildman–Crippen LogP) is 1.91. The van der Waals surface area contributed by atoms with Crippen LogP contribution >= 0.6 is 0 Å². The molecule has 1 aromatic carbocycles. The van der Waals surface area contributed by atoms with Gasteiger partial charge in [-0.25, -0.2) is 4.79 Å². The Labute approximate surface area is 116 Å². The molecule has 0 amide bonds. The van der Waals surface area contributed by atoms with Crippen molar-refractivity contribution in [2.75, 3.05) is 0 Å². The molecule has 0 spiro atoms. The van der Waals surface area contributed by atoms with Gasteiger partial charge >= 0.3 is 11.9 Å². The zero-order valence-corrected chi connectivity index (χ0v) is 11.3.